The molecule has 13 heavy (non-hydrogen) atoms. The summed E-state index contributed by atoms with van der Waals surface area (Å²) < 4.78 is 4.18. The monoisotopic (exact) mass is 188 g/mol. The lowest BCUT2D eigenvalue weighted by atomic mass is 10.6. The van der Waals surface area contributed by atoms with Crippen molar-refractivity contribution in [3.05, 3.63) is 12.3 Å². The van der Waals surface area contributed by atoms with Gasteiger partial charge in [-0.3, -0.25) is 0 Å². The van der Waals surface area contributed by atoms with Gasteiger partial charge in [-0.15, -0.1) is 0 Å². The van der Waals surface area contributed by atoms with Crippen LogP contribution in [0, 0.1) is 0 Å². The summed E-state index contributed by atoms with van der Waals surface area (Å²) in [5.41, 5.74) is 4.54. The van der Waals surface area contributed by atoms with Gasteiger partial charge in [-0.2, -0.15) is 0 Å². The molecule has 0 atom stereocenters. The molecule has 3 N–H and O–H groups in total. The Labute approximate surface area is 75.7 Å². The van der Waals surface area contributed by atoms with Gasteiger partial charge in [0.05, 0.1) is 19.4 Å². The van der Waals surface area contributed by atoms with Crippen LogP contribution >= 0.6 is 0 Å². The van der Waals surface area contributed by atoms with Gasteiger partial charge in [0.15, 0.2) is 0 Å². The molecule has 0 aromatic heterocycles. The number of aliphatic imine (C=N–C) groups is 1. The first-order valence-corrected chi connectivity index (χ1v) is 3.44. The van der Waals surface area contributed by atoms with E-state index in [2.05, 4.69) is 15.5 Å². The first-order valence-electron chi connectivity index (χ1n) is 3.44. The number of aliphatic hydroxyl groups excluding tert-OH is 1. The Morgan fingerprint density at radius 3 is 2.62 bits per heavy atom. The lowest BCUT2D eigenvalue weighted by Crippen LogP contribution is -2.11. The summed E-state index contributed by atoms with van der Waals surface area (Å²) in [4.78, 5) is 22.0. The standard InChI is InChI=1S/C4H5NO2.C3H7NO2/c6-3-1-2-5-4-7;1-2-6-3(4)5/h1,3,6H,2H2;2H2,1H3,(H2,4,5). The molecular weight excluding hydrogens is 176 g/mol. The zero-order valence-corrected chi connectivity index (χ0v) is 7.27. The number of aliphatic hydroxyl groups is 1. The minimum Gasteiger partial charge on any atom is -0.516 e. The Kier molecular flexibility index (Phi) is 13.6. The number of carbonyl (C=O) groups excluding carboxylic acids is 2. The quantitative estimate of drug-likeness (QED) is 0.382. The van der Waals surface area contributed by atoms with Crippen LogP contribution in [0.25, 0.3) is 0 Å². The molecule has 6 nitrogen and oxygen atoms in total. The van der Waals surface area contributed by atoms with Gasteiger partial charge < -0.3 is 15.6 Å². The summed E-state index contributed by atoms with van der Waals surface area (Å²) in [6.45, 7) is 2.26. The summed E-state index contributed by atoms with van der Waals surface area (Å²) >= 11 is 0. The zero-order chi connectivity index (χ0) is 10.5. The fourth-order valence-electron chi connectivity index (χ4n) is 0.279. The molecule has 0 bridgehead atoms. The smallest absolute Gasteiger partial charge is 0.404 e. The molecule has 0 fully saturated rings. The number of nitrogens with two attached hydrogens (primary N) is 1. The van der Waals surface area contributed by atoms with Gasteiger partial charge in [0, 0.05) is 0 Å². The molecule has 0 saturated heterocycles. The third-order valence-electron chi connectivity index (χ3n) is 0.653. The van der Waals surface area contributed by atoms with E-state index >= 15 is 0 Å². The minimum absolute atomic E-state index is 0.208. The van der Waals surface area contributed by atoms with Crippen molar-refractivity contribution >= 4 is 12.2 Å². The number of ether oxygens (including phenoxy) is 1. The van der Waals surface area contributed by atoms with E-state index in [1.807, 2.05) is 0 Å². The first kappa shape index (κ1) is 13.8. The van der Waals surface area contributed by atoms with Crippen LogP contribution in [-0.2, 0) is 9.53 Å². The Morgan fingerprint density at radius 1 is 1.77 bits per heavy atom. The highest BCUT2D eigenvalue weighted by Gasteiger charge is 1.82. The maximum atomic E-state index is 9.60. The molecule has 0 saturated carbocycles. The third-order valence-corrected chi connectivity index (χ3v) is 0.653. The molecule has 74 valence electrons. The molecule has 0 aliphatic carbocycles. The van der Waals surface area contributed by atoms with Crippen LogP contribution in [0.1, 0.15) is 6.92 Å². The molecule has 0 aliphatic rings. The van der Waals surface area contributed by atoms with Crippen molar-refractivity contribution in [3.8, 4) is 0 Å². The number of amides is 1. The van der Waals surface area contributed by atoms with E-state index in [-0.39, 0.29) is 6.54 Å². The molecule has 0 aromatic carbocycles. The van der Waals surface area contributed by atoms with Crippen molar-refractivity contribution in [1.29, 1.82) is 0 Å². The van der Waals surface area contributed by atoms with E-state index in [1.54, 1.807) is 6.92 Å². The Morgan fingerprint density at radius 2 is 2.38 bits per heavy atom. The lowest BCUT2D eigenvalue weighted by Gasteiger charge is -1.89. The summed E-state index contributed by atoms with van der Waals surface area (Å²) in [6, 6.07) is 0. The van der Waals surface area contributed by atoms with Gasteiger partial charge in [0.1, 0.15) is 0 Å². The summed E-state index contributed by atoms with van der Waals surface area (Å²) in [5.74, 6) is 0. The van der Waals surface area contributed by atoms with Gasteiger partial charge in [-0.05, 0) is 13.0 Å². The second-order valence-corrected chi connectivity index (χ2v) is 1.57. The highest BCUT2D eigenvalue weighted by Crippen LogP contribution is 1.66. The second kappa shape index (κ2) is 12.8. The molecule has 6 heteroatoms. The Hall–Kier alpha value is -1.81. The van der Waals surface area contributed by atoms with Gasteiger partial charge in [-0.25, -0.2) is 14.6 Å². The molecule has 1 amide bonds. The van der Waals surface area contributed by atoms with E-state index in [9.17, 15) is 9.59 Å². The van der Waals surface area contributed by atoms with E-state index in [4.69, 9.17) is 5.11 Å². The largest absolute Gasteiger partial charge is 0.516 e. The molecule has 0 aliphatic heterocycles. The van der Waals surface area contributed by atoms with E-state index in [0.29, 0.717) is 6.61 Å². The molecular formula is C7H12N2O4. The average Bonchev–Trinajstić information content (AvgIpc) is 2.06. The molecule has 0 rings (SSSR count). The van der Waals surface area contributed by atoms with Crippen molar-refractivity contribution in [1.82, 2.24) is 0 Å². The zero-order valence-electron chi connectivity index (χ0n) is 7.27. The Bertz CT molecular complexity index is 197. The van der Waals surface area contributed by atoms with Crippen LogP contribution in [0.4, 0.5) is 4.79 Å². The summed E-state index contributed by atoms with van der Waals surface area (Å²) in [6.07, 6.45) is 2.78. The van der Waals surface area contributed by atoms with E-state index in [1.165, 1.54) is 12.2 Å². The van der Waals surface area contributed by atoms with Crippen molar-refractivity contribution in [2.45, 2.75) is 6.92 Å². The molecule has 0 heterocycles. The van der Waals surface area contributed by atoms with Gasteiger partial charge in [0.2, 0.25) is 6.08 Å². The highest BCUT2D eigenvalue weighted by molar-refractivity contribution is 5.64. The number of hydrogen-bond acceptors (Lipinski definition) is 5. The Balaban J connectivity index is 0. The highest BCUT2D eigenvalue weighted by atomic mass is 16.5. The third kappa shape index (κ3) is 25.4. The number of nitrogens with zero attached hydrogens (tertiary/aromatic N) is 1. The minimum atomic E-state index is -0.711. The van der Waals surface area contributed by atoms with Crippen LogP contribution in [0.15, 0.2) is 17.3 Å². The SMILES string of the molecule is CCOC(N)=O.O=C=NCC=CO. The lowest BCUT2D eigenvalue weighted by molar-refractivity contribution is 0.163. The predicted molar refractivity (Wildman–Crippen MR) is 46.0 cm³/mol. The average molecular weight is 188 g/mol. The molecule has 0 spiro atoms. The molecule has 0 unspecified atom stereocenters. The number of hydrogen-bond donors (Lipinski definition) is 2. The predicted octanol–water partition coefficient (Wildman–Crippen LogP) is 0.496. The number of rotatable bonds is 3. The van der Waals surface area contributed by atoms with Gasteiger partial charge in [0.25, 0.3) is 0 Å². The molecule has 0 aromatic rings. The van der Waals surface area contributed by atoms with Crippen molar-refractivity contribution in [3.63, 3.8) is 0 Å². The summed E-state index contributed by atoms with van der Waals surface area (Å²) in [7, 11) is 0. The first-order chi connectivity index (χ1) is 6.18. The van der Waals surface area contributed by atoms with E-state index in [0.717, 1.165) is 6.26 Å². The van der Waals surface area contributed by atoms with Crippen LogP contribution in [-0.4, -0.2) is 30.4 Å². The van der Waals surface area contributed by atoms with E-state index < -0.39 is 6.09 Å². The van der Waals surface area contributed by atoms with Gasteiger partial charge >= 0.3 is 6.09 Å². The van der Waals surface area contributed by atoms with Crippen molar-refractivity contribution in [2.24, 2.45) is 10.7 Å². The fraction of sp³-hybridized carbons (Fsp3) is 0.429. The number of primary amides is 1. The van der Waals surface area contributed by atoms with Crippen molar-refractivity contribution in [2.75, 3.05) is 13.2 Å². The summed E-state index contributed by atoms with van der Waals surface area (Å²) in [5, 5.41) is 7.92. The number of carbonyl (C=O) groups is 1. The normalized spacial score (nSPS) is 8.08. The maximum absolute atomic E-state index is 9.60. The second-order valence-electron chi connectivity index (χ2n) is 1.57. The topological polar surface area (TPSA) is 102 Å². The van der Waals surface area contributed by atoms with Gasteiger partial charge in [-0.1, -0.05) is 0 Å². The van der Waals surface area contributed by atoms with Crippen molar-refractivity contribution < 1.29 is 19.4 Å². The van der Waals surface area contributed by atoms with Crippen LogP contribution in [0.3, 0.4) is 0 Å². The van der Waals surface area contributed by atoms with Crippen LogP contribution in [0.2, 0.25) is 0 Å². The molecule has 0 radical (unpaired) electrons. The van der Waals surface area contributed by atoms with Crippen LogP contribution < -0.4 is 5.73 Å². The maximum Gasteiger partial charge on any atom is 0.404 e. The number of isocyanates is 1. The fourth-order valence-corrected chi connectivity index (χ4v) is 0.279. The van der Waals surface area contributed by atoms with Crippen LogP contribution in [0.5, 0.6) is 0 Å².